The Labute approximate surface area is 160 Å². The van der Waals surface area contributed by atoms with Crippen LogP contribution in [0.25, 0.3) is 0 Å². The van der Waals surface area contributed by atoms with Crippen LogP contribution in [0.3, 0.4) is 0 Å². The Morgan fingerprint density at radius 1 is 0.615 bits per heavy atom. The van der Waals surface area contributed by atoms with E-state index in [1.165, 1.54) is 44.9 Å². The molecule has 0 aliphatic heterocycles. The molecular formula is C26H30. The van der Waals surface area contributed by atoms with Crippen molar-refractivity contribution in [3.63, 3.8) is 0 Å². The summed E-state index contributed by atoms with van der Waals surface area (Å²) in [6.07, 6.45) is 10.3. The van der Waals surface area contributed by atoms with E-state index in [9.17, 15) is 0 Å². The molecule has 0 heterocycles. The first-order valence-corrected chi connectivity index (χ1v) is 10.0. The fraction of sp³-hybridized carbons (Fsp3) is 0.385. The Morgan fingerprint density at radius 3 is 1.58 bits per heavy atom. The summed E-state index contributed by atoms with van der Waals surface area (Å²) in [5, 5.41) is 0. The van der Waals surface area contributed by atoms with Crippen molar-refractivity contribution in [3.8, 4) is 23.7 Å². The Morgan fingerprint density at radius 2 is 1.08 bits per heavy atom. The zero-order chi connectivity index (χ0) is 18.3. The van der Waals surface area contributed by atoms with Crippen LogP contribution in [0, 0.1) is 29.6 Å². The molecule has 0 heteroatoms. The topological polar surface area (TPSA) is 0 Å². The molecule has 0 amide bonds. The van der Waals surface area contributed by atoms with Gasteiger partial charge in [0, 0.05) is 11.1 Å². The van der Waals surface area contributed by atoms with E-state index in [4.69, 9.17) is 0 Å². The van der Waals surface area contributed by atoms with Gasteiger partial charge in [0.2, 0.25) is 0 Å². The minimum absolute atomic E-state index is 0.144. The largest absolute Gasteiger partial charge is 0.0819 e. The fourth-order valence-electron chi connectivity index (χ4n) is 2.87. The summed E-state index contributed by atoms with van der Waals surface area (Å²) in [5.74, 6) is 13.5. The maximum Gasteiger partial charge on any atom is 0.0819 e. The SMILES string of the molecule is CCCCCCCCCC(C#Cc1ccccc1)C#Cc1ccccc1. The molecule has 0 saturated carbocycles. The van der Waals surface area contributed by atoms with Gasteiger partial charge in [-0.25, -0.2) is 0 Å². The van der Waals surface area contributed by atoms with E-state index in [-0.39, 0.29) is 5.92 Å². The van der Waals surface area contributed by atoms with Gasteiger partial charge < -0.3 is 0 Å². The third kappa shape index (κ3) is 8.60. The summed E-state index contributed by atoms with van der Waals surface area (Å²) in [5.41, 5.74) is 2.14. The molecular weight excluding hydrogens is 312 g/mol. The van der Waals surface area contributed by atoms with E-state index in [0.29, 0.717) is 0 Å². The molecule has 0 bridgehead atoms. The standard InChI is InChI=1S/C26H30/c1-2-3-4-5-6-7-10-19-26(22-20-24-15-11-8-12-16-24)23-21-25-17-13-9-14-18-25/h8-9,11-18,26H,2-7,10,19H2,1H3. The van der Waals surface area contributed by atoms with E-state index < -0.39 is 0 Å². The van der Waals surface area contributed by atoms with Gasteiger partial charge in [0.15, 0.2) is 0 Å². The van der Waals surface area contributed by atoms with Crippen molar-refractivity contribution in [2.24, 2.45) is 5.92 Å². The highest BCUT2D eigenvalue weighted by Gasteiger charge is 2.01. The molecule has 2 rings (SSSR count). The van der Waals surface area contributed by atoms with Gasteiger partial charge in [-0.05, 0) is 30.7 Å². The number of unbranched alkanes of at least 4 members (excludes halogenated alkanes) is 6. The van der Waals surface area contributed by atoms with Crippen LogP contribution in [-0.2, 0) is 0 Å². The third-order valence-corrected chi connectivity index (χ3v) is 4.43. The van der Waals surface area contributed by atoms with Crippen molar-refractivity contribution in [3.05, 3.63) is 71.8 Å². The second-order valence-corrected chi connectivity index (χ2v) is 6.73. The van der Waals surface area contributed by atoms with Crippen molar-refractivity contribution in [1.82, 2.24) is 0 Å². The molecule has 26 heavy (non-hydrogen) atoms. The normalized spacial score (nSPS) is 9.92. The van der Waals surface area contributed by atoms with E-state index >= 15 is 0 Å². The van der Waals surface area contributed by atoms with Crippen molar-refractivity contribution >= 4 is 0 Å². The summed E-state index contributed by atoms with van der Waals surface area (Å²) in [6, 6.07) is 20.4. The molecule has 0 saturated heterocycles. The first kappa shape index (κ1) is 19.9. The predicted molar refractivity (Wildman–Crippen MR) is 113 cm³/mol. The minimum Gasteiger partial charge on any atom is -0.0814 e. The number of benzene rings is 2. The molecule has 0 aromatic heterocycles. The Kier molecular flexibility index (Phi) is 9.83. The highest BCUT2D eigenvalue weighted by Crippen LogP contribution is 2.13. The molecule has 2 aromatic carbocycles. The fourth-order valence-corrected chi connectivity index (χ4v) is 2.87. The van der Waals surface area contributed by atoms with Gasteiger partial charge in [0.25, 0.3) is 0 Å². The molecule has 0 spiro atoms. The summed E-state index contributed by atoms with van der Waals surface area (Å²) >= 11 is 0. The van der Waals surface area contributed by atoms with Crippen LogP contribution in [0.1, 0.15) is 69.4 Å². The van der Waals surface area contributed by atoms with E-state index in [1.807, 2.05) is 36.4 Å². The second-order valence-electron chi connectivity index (χ2n) is 6.73. The lowest BCUT2D eigenvalue weighted by Crippen LogP contribution is -1.94. The van der Waals surface area contributed by atoms with Crippen LogP contribution in [-0.4, -0.2) is 0 Å². The monoisotopic (exact) mass is 342 g/mol. The lowest BCUT2D eigenvalue weighted by atomic mass is 10.00. The smallest absolute Gasteiger partial charge is 0.0814 e. The predicted octanol–water partition coefficient (Wildman–Crippen LogP) is 6.85. The average molecular weight is 343 g/mol. The lowest BCUT2D eigenvalue weighted by Gasteiger charge is -2.04. The zero-order valence-electron chi connectivity index (χ0n) is 16.0. The van der Waals surface area contributed by atoms with Crippen molar-refractivity contribution < 1.29 is 0 Å². The molecule has 0 fully saturated rings. The lowest BCUT2D eigenvalue weighted by molar-refractivity contribution is 0.563. The van der Waals surface area contributed by atoms with Gasteiger partial charge in [-0.3, -0.25) is 0 Å². The maximum atomic E-state index is 3.39. The van der Waals surface area contributed by atoms with Gasteiger partial charge in [-0.15, -0.1) is 0 Å². The molecule has 0 atom stereocenters. The van der Waals surface area contributed by atoms with Gasteiger partial charge >= 0.3 is 0 Å². The summed E-state index contributed by atoms with van der Waals surface area (Å²) in [7, 11) is 0. The highest BCUT2D eigenvalue weighted by molar-refractivity contribution is 5.38. The summed E-state index contributed by atoms with van der Waals surface area (Å²) in [4.78, 5) is 0. The molecule has 0 radical (unpaired) electrons. The van der Waals surface area contributed by atoms with Gasteiger partial charge in [-0.1, -0.05) is 112 Å². The summed E-state index contributed by atoms with van der Waals surface area (Å²) in [6.45, 7) is 2.27. The third-order valence-electron chi connectivity index (χ3n) is 4.43. The summed E-state index contributed by atoms with van der Waals surface area (Å²) < 4.78 is 0. The average Bonchev–Trinajstić information content (AvgIpc) is 2.70. The van der Waals surface area contributed by atoms with Crippen molar-refractivity contribution in [1.29, 1.82) is 0 Å². The van der Waals surface area contributed by atoms with Crippen LogP contribution in [0.15, 0.2) is 60.7 Å². The number of rotatable bonds is 8. The van der Waals surface area contributed by atoms with Crippen LogP contribution < -0.4 is 0 Å². The van der Waals surface area contributed by atoms with Crippen LogP contribution >= 0.6 is 0 Å². The second kappa shape index (κ2) is 12.9. The Bertz CT molecular complexity index is 662. The first-order chi connectivity index (χ1) is 12.9. The van der Waals surface area contributed by atoms with Gasteiger partial charge in [-0.2, -0.15) is 0 Å². The molecule has 0 aliphatic rings. The van der Waals surface area contributed by atoms with Gasteiger partial charge in [0.1, 0.15) is 0 Å². The maximum absolute atomic E-state index is 3.39. The molecule has 0 aliphatic carbocycles. The van der Waals surface area contributed by atoms with Crippen LogP contribution in [0.5, 0.6) is 0 Å². The number of hydrogen-bond acceptors (Lipinski definition) is 0. The molecule has 0 nitrogen and oxygen atoms in total. The van der Waals surface area contributed by atoms with E-state index in [1.54, 1.807) is 0 Å². The Hall–Kier alpha value is -2.44. The molecule has 134 valence electrons. The van der Waals surface area contributed by atoms with Crippen molar-refractivity contribution in [2.75, 3.05) is 0 Å². The van der Waals surface area contributed by atoms with Crippen LogP contribution in [0.2, 0.25) is 0 Å². The van der Waals surface area contributed by atoms with Crippen LogP contribution in [0.4, 0.5) is 0 Å². The quantitative estimate of drug-likeness (QED) is 0.363. The minimum atomic E-state index is 0.144. The number of hydrogen-bond donors (Lipinski definition) is 0. The zero-order valence-corrected chi connectivity index (χ0v) is 16.0. The molecule has 0 unspecified atom stereocenters. The molecule has 2 aromatic rings. The first-order valence-electron chi connectivity index (χ1n) is 10.0. The highest BCUT2D eigenvalue weighted by atomic mass is 14.0. The van der Waals surface area contributed by atoms with Crippen molar-refractivity contribution in [2.45, 2.75) is 58.3 Å². The molecule has 0 N–H and O–H groups in total. The Balaban J connectivity index is 1.91. The van der Waals surface area contributed by atoms with E-state index in [0.717, 1.165) is 17.5 Å². The van der Waals surface area contributed by atoms with E-state index in [2.05, 4.69) is 54.9 Å². The van der Waals surface area contributed by atoms with Gasteiger partial charge in [0.05, 0.1) is 5.92 Å².